The Morgan fingerprint density at radius 1 is 1.30 bits per heavy atom. The Labute approximate surface area is 115 Å². The van der Waals surface area contributed by atoms with Crippen LogP contribution >= 0.6 is 0 Å². The van der Waals surface area contributed by atoms with Crippen molar-refractivity contribution in [1.82, 2.24) is 4.90 Å². The largest absolute Gasteiger partial charge is 0.484 e. The Morgan fingerprint density at radius 3 is 2.30 bits per heavy atom. The number of aliphatic carboxylic acids is 1. The van der Waals surface area contributed by atoms with Crippen LogP contribution in [0.25, 0.3) is 0 Å². The summed E-state index contributed by atoms with van der Waals surface area (Å²) in [6.07, 6.45) is 0. The van der Waals surface area contributed by atoms with Gasteiger partial charge in [-0.05, 0) is 31.2 Å². The lowest BCUT2D eigenvalue weighted by atomic mass is 10.1. The molecule has 1 unspecified atom stereocenters. The highest BCUT2D eigenvalue weighted by Crippen LogP contribution is 2.14. The molecule has 0 radical (unpaired) electrons. The van der Waals surface area contributed by atoms with Crippen molar-refractivity contribution in [3.8, 4) is 5.75 Å². The van der Waals surface area contributed by atoms with E-state index in [1.165, 1.54) is 38.2 Å². The van der Waals surface area contributed by atoms with Crippen molar-refractivity contribution in [3.05, 3.63) is 29.8 Å². The first kappa shape index (κ1) is 15.5. The molecule has 0 saturated heterocycles. The van der Waals surface area contributed by atoms with Crippen molar-refractivity contribution in [2.75, 3.05) is 13.7 Å². The van der Waals surface area contributed by atoms with Gasteiger partial charge < -0.3 is 20.5 Å². The minimum absolute atomic E-state index is 0.247. The standard InChI is InChI=1S/C13H16N2O5/c1-8(13(18)19)15(2)12(17)9-3-5-10(6-4-9)20-7-11(14)16/h3-6,8H,7H2,1-2H3,(H2,14,16)(H,18,19). The summed E-state index contributed by atoms with van der Waals surface area (Å²) in [4.78, 5) is 34.5. The van der Waals surface area contributed by atoms with Crippen LogP contribution in [0.1, 0.15) is 17.3 Å². The SMILES string of the molecule is CC(C(=O)O)N(C)C(=O)c1ccc(OCC(N)=O)cc1. The molecule has 0 bridgehead atoms. The molecule has 1 aromatic rings. The van der Waals surface area contributed by atoms with E-state index in [-0.39, 0.29) is 6.61 Å². The Bertz CT molecular complexity index is 512. The molecule has 0 spiro atoms. The lowest BCUT2D eigenvalue weighted by Crippen LogP contribution is -2.40. The van der Waals surface area contributed by atoms with Gasteiger partial charge in [-0.3, -0.25) is 9.59 Å². The summed E-state index contributed by atoms with van der Waals surface area (Å²) >= 11 is 0. The molecule has 2 amide bonds. The molecule has 20 heavy (non-hydrogen) atoms. The quantitative estimate of drug-likeness (QED) is 0.767. The molecule has 3 N–H and O–H groups in total. The van der Waals surface area contributed by atoms with Crippen LogP contribution in [0.15, 0.2) is 24.3 Å². The number of hydrogen-bond donors (Lipinski definition) is 2. The van der Waals surface area contributed by atoms with Crippen LogP contribution in [0.4, 0.5) is 0 Å². The van der Waals surface area contributed by atoms with Gasteiger partial charge in [0.1, 0.15) is 11.8 Å². The Morgan fingerprint density at radius 2 is 1.85 bits per heavy atom. The van der Waals surface area contributed by atoms with Crippen molar-refractivity contribution in [2.24, 2.45) is 5.73 Å². The fraction of sp³-hybridized carbons (Fsp3) is 0.308. The van der Waals surface area contributed by atoms with Crippen molar-refractivity contribution in [3.63, 3.8) is 0 Å². The number of carbonyl (C=O) groups excluding carboxylic acids is 2. The molecule has 108 valence electrons. The molecule has 0 heterocycles. The van der Waals surface area contributed by atoms with Crippen molar-refractivity contribution in [1.29, 1.82) is 0 Å². The third kappa shape index (κ3) is 3.98. The lowest BCUT2D eigenvalue weighted by Gasteiger charge is -2.21. The van der Waals surface area contributed by atoms with E-state index in [9.17, 15) is 14.4 Å². The fourth-order valence-electron chi connectivity index (χ4n) is 1.39. The number of nitrogens with two attached hydrogens (primary N) is 1. The van der Waals surface area contributed by atoms with Gasteiger partial charge in [0.25, 0.3) is 11.8 Å². The van der Waals surface area contributed by atoms with Gasteiger partial charge in [-0.1, -0.05) is 0 Å². The third-order valence-electron chi connectivity index (χ3n) is 2.74. The van der Waals surface area contributed by atoms with E-state index in [0.29, 0.717) is 11.3 Å². The predicted octanol–water partition coefficient (Wildman–Crippen LogP) is 0.0958. The van der Waals surface area contributed by atoms with Gasteiger partial charge in [-0.15, -0.1) is 0 Å². The van der Waals surface area contributed by atoms with E-state index in [4.69, 9.17) is 15.6 Å². The number of amides is 2. The van der Waals surface area contributed by atoms with Gasteiger partial charge in [0.15, 0.2) is 6.61 Å². The molecule has 0 aliphatic heterocycles. The van der Waals surface area contributed by atoms with Crippen molar-refractivity contribution in [2.45, 2.75) is 13.0 Å². The first-order valence-electron chi connectivity index (χ1n) is 5.84. The van der Waals surface area contributed by atoms with Crippen LogP contribution in [0, 0.1) is 0 Å². The summed E-state index contributed by atoms with van der Waals surface area (Å²) in [5, 5.41) is 8.86. The fourth-order valence-corrected chi connectivity index (χ4v) is 1.39. The normalized spacial score (nSPS) is 11.5. The smallest absolute Gasteiger partial charge is 0.326 e. The number of carbonyl (C=O) groups is 3. The zero-order chi connectivity index (χ0) is 15.3. The summed E-state index contributed by atoms with van der Waals surface area (Å²) in [6.45, 7) is 1.17. The number of benzene rings is 1. The average molecular weight is 280 g/mol. The molecule has 0 fully saturated rings. The first-order chi connectivity index (χ1) is 9.32. The van der Waals surface area contributed by atoms with E-state index < -0.39 is 23.8 Å². The number of likely N-dealkylation sites (N-methyl/N-ethyl adjacent to an activating group) is 1. The molecule has 7 nitrogen and oxygen atoms in total. The van der Waals surface area contributed by atoms with Gasteiger partial charge in [0, 0.05) is 12.6 Å². The summed E-state index contributed by atoms with van der Waals surface area (Å²) in [6, 6.07) is 5.08. The highest BCUT2D eigenvalue weighted by molar-refractivity contribution is 5.96. The average Bonchev–Trinajstić information content (AvgIpc) is 2.43. The molecule has 0 aromatic heterocycles. The van der Waals surface area contributed by atoms with E-state index in [1.54, 1.807) is 0 Å². The van der Waals surface area contributed by atoms with Crippen LogP contribution < -0.4 is 10.5 Å². The van der Waals surface area contributed by atoms with E-state index >= 15 is 0 Å². The molecule has 0 saturated carbocycles. The van der Waals surface area contributed by atoms with Crippen LogP contribution in [-0.2, 0) is 9.59 Å². The van der Waals surface area contributed by atoms with Crippen LogP contribution in [0.5, 0.6) is 5.75 Å². The second kappa shape index (κ2) is 6.55. The van der Waals surface area contributed by atoms with Gasteiger partial charge >= 0.3 is 5.97 Å². The third-order valence-corrected chi connectivity index (χ3v) is 2.74. The molecular formula is C13H16N2O5. The van der Waals surface area contributed by atoms with E-state index in [0.717, 1.165) is 4.90 Å². The second-order valence-electron chi connectivity index (χ2n) is 4.21. The number of carboxylic acids is 1. The summed E-state index contributed by atoms with van der Waals surface area (Å²) < 4.78 is 5.05. The molecule has 1 rings (SSSR count). The molecule has 1 aromatic carbocycles. The lowest BCUT2D eigenvalue weighted by molar-refractivity contribution is -0.141. The molecule has 0 aliphatic rings. The molecular weight excluding hydrogens is 264 g/mol. The number of nitrogens with zero attached hydrogens (tertiary/aromatic N) is 1. The van der Waals surface area contributed by atoms with Crippen LogP contribution in [0.2, 0.25) is 0 Å². The number of carboxylic acid groups (broad SMARTS) is 1. The minimum atomic E-state index is -1.08. The molecule has 1 atom stereocenters. The minimum Gasteiger partial charge on any atom is -0.484 e. The summed E-state index contributed by atoms with van der Waals surface area (Å²) in [5.41, 5.74) is 5.27. The maximum Gasteiger partial charge on any atom is 0.326 e. The zero-order valence-corrected chi connectivity index (χ0v) is 11.2. The summed E-state index contributed by atoms with van der Waals surface area (Å²) in [5.74, 6) is -1.70. The van der Waals surface area contributed by atoms with Gasteiger partial charge in [0.05, 0.1) is 0 Å². The van der Waals surface area contributed by atoms with Crippen LogP contribution in [0.3, 0.4) is 0 Å². The van der Waals surface area contributed by atoms with Gasteiger partial charge in [0.2, 0.25) is 0 Å². The first-order valence-corrected chi connectivity index (χ1v) is 5.84. The number of rotatable bonds is 6. The van der Waals surface area contributed by atoms with Gasteiger partial charge in [-0.25, -0.2) is 4.79 Å². The molecule has 7 heteroatoms. The van der Waals surface area contributed by atoms with Crippen molar-refractivity contribution >= 4 is 17.8 Å². The van der Waals surface area contributed by atoms with E-state index in [1.807, 2.05) is 0 Å². The van der Waals surface area contributed by atoms with E-state index in [2.05, 4.69) is 0 Å². The predicted molar refractivity (Wildman–Crippen MR) is 70.3 cm³/mol. The number of primary amides is 1. The monoisotopic (exact) mass is 280 g/mol. The molecule has 0 aliphatic carbocycles. The van der Waals surface area contributed by atoms with Gasteiger partial charge in [-0.2, -0.15) is 0 Å². The van der Waals surface area contributed by atoms with Crippen LogP contribution in [-0.4, -0.2) is 47.5 Å². The highest BCUT2D eigenvalue weighted by atomic mass is 16.5. The second-order valence-corrected chi connectivity index (χ2v) is 4.21. The Kier molecular flexibility index (Phi) is 5.08. The summed E-state index contributed by atoms with van der Waals surface area (Å²) in [7, 11) is 1.42. The maximum atomic E-state index is 12.0. The number of hydrogen-bond acceptors (Lipinski definition) is 4. The Balaban J connectivity index is 2.75. The Hall–Kier alpha value is -2.57. The highest BCUT2D eigenvalue weighted by Gasteiger charge is 2.22. The topological polar surface area (TPSA) is 110 Å². The maximum absolute atomic E-state index is 12.0. The van der Waals surface area contributed by atoms with Crippen molar-refractivity contribution < 1.29 is 24.2 Å². The number of ether oxygens (including phenoxy) is 1. The zero-order valence-electron chi connectivity index (χ0n) is 11.2.